The van der Waals surface area contributed by atoms with Crippen molar-refractivity contribution >= 4 is 5.91 Å². The minimum Gasteiger partial charge on any atom is -0.343 e. The predicted molar refractivity (Wildman–Crippen MR) is 66.1 cm³/mol. The fourth-order valence-electron chi connectivity index (χ4n) is 1.81. The number of nitrogens with one attached hydrogen (secondary N) is 1. The van der Waals surface area contributed by atoms with Crippen molar-refractivity contribution in [3.05, 3.63) is 0 Å². The zero-order valence-corrected chi connectivity index (χ0v) is 10.5. The van der Waals surface area contributed by atoms with Crippen LogP contribution in [0.1, 0.15) is 33.1 Å². The van der Waals surface area contributed by atoms with Crippen molar-refractivity contribution in [3.8, 4) is 0 Å². The molecule has 4 nitrogen and oxygen atoms in total. The normalized spacial score (nSPS) is 17.2. The first-order valence-corrected chi connectivity index (χ1v) is 6.42. The van der Waals surface area contributed by atoms with Gasteiger partial charge in [0.25, 0.3) is 0 Å². The Bertz CT molecular complexity index is 212. The molecular weight excluding hydrogens is 202 g/mol. The maximum absolute atomic E-state index is 11.9. The summed E-state index contributed by atoms with van der Waals surface area (Å²) in [6.45, 7) is 7.16. The molecule has 1 amide bonds. The molecule has 0 saturated heterocycles. The van der Waals surface area contributed by atoms with Crippen LogP contribution in [0.4, 0.5) is 0 Å². The largest absolute Gasteiger partial charge is 0.343 e. The Labute approximate surface area is 98.6 Å². The van der Waals surface area contributed by atoms with Crippen LogP contribution in [0, 0.1) is 5.92 Å². The molecule has 0 aromatic carbocycles. The second kappa shape index (κ2) is 6.86. The fraction of sp³-hybridized carbons (Fsp3) is 0.917. The highest BCUT2D eigenvalue weighted by atomic mass is 16.2. The van der Waals surface area contributed by atoms with Gasteiger partial charge in [-0.05, 0) is 39.2 Å². The fourth-order valence-corrected chi connectivity index (χ4v) is 1.81. The number of hydrogen-bond donors (Lipinski definition) is 2. The SMILES string of the molecule is CCN(CC)C(=O)CC(CN)NCC1CC1. The second-order valence-corrected chi connectivity index (χ2v) is 4.55. The van der Waals surface area contributed by atoms with E-state index in [-0.39, 0.29) is 11.9 Å². The summed E-state index contributed by atoms with van der Waals surface area (Å²) >= 11 is 0. The number of rotatable bonds is 8. The Hall–Kier alpha value is -0.610. The highest BCUT2D eigenvalue weighted by Gasteiger charge is 2.23. The zero-order valence-electron chi connectivity index (χ0n) is 10.5. The monoisotopic (exact) mass is 227 g/mol. The molecule has 94 valence electrons. The highest BCUT2D eigenvalue weighted by molar-refractivity contribution is 5.76. The van der Waals surface area contributed by atoms with E-state index in [2.05, 4.69) is 5.32 Å². The van der Waals surface area contributed by atoms with Crippen molar-refractivity contribution < 1.29 is 4.79 Å². The Morgan fingerprint density at radius 2 is 2.06 bits per heavy atom. The molecule has 0 bridgehead atoms. The van der Waals surface area contributed by atoms with E-state index in [1.54, 1.807) is 0 Å². The highest BCUT2D eigenvalue weighted by Crippen LogP contribution is 2.27. The molecule has 0 aromatic rings. The molecule has 1 saturated carbocycles. The van der Waals surface area contributed by atoms with Crippen LogP contribution in [-0.4, -0.2) is 43.0 Å². The van der Waals surface area contributed by atoms with Gasteiger partial charge in [-0.15, -0.1) is 0 Å². The van der Waals surface area contributed by atoms with Crippen LogP contribution in [-0.2, 0) is 4.79 Å². The molecule has 1 atom stereocenters. The van der Waals surface area contributed by atoms with Gasteiger partial charge in [0.2, 0.25) is 5.91 Å². The summed E-state index contributed by atoms with van der Waals surface area (Å²) in [6.07, 6.45) is 3.19. The lowest BCUT2D eigenvalue weighted by atomic mass is 10.1. The van der Waals surface area contributed by atoms with Gasteiger partial charge in [-0.3, -0.25) is 4.79 Å². The number of hydrogen-bond acceptors (Lipinski definition) is 3. The van der Waals surface area contributed by atoms with Crippen molar-refractivity contribution in [1.82, 2.24) is 10.2 Å². The Morgan fingerprint density at radius 3 is 2.50 bits per heavy atom. The summed E-state index contributed by atoms with van der Waals surface area (Å²) in [5.41, 5.74) is 5.68. The maximum atomic E-state index is 11.9. The van der Waals surface area contributed by atoms with Gasteiger partial charge in [-0.25, -0.2) is 0 Å². The Morgan fingerprint density at radius 1 is 1.44 bits per heavy atom. The molecule has 1 aliphatic carbocycles. The predicted octanol–water partition coefficient (Wildman–Crippen LogP) is 0.572. The molecule has 0 aromatic heterocycles. The summed E-state index contributed by atoms with van der Waals surface area (Å²) in [5, 5.41) is 3.39. The molecule has 0 radical (unpaired) electrons. The van der Waals surface area contributed by atoms with E-state index in [1.165, 1.54) is 12.8 Å². The summed E-state index contributed by atoms with van der Waals surface area (Å²) in [6, 6.07) is 0.147. The van der Waals surface area contributed by atoms with E-state index >= 15 is 0 Å². The average Bonchev–Trinajstić information content (AvgIpc) is 3.09. The molecule has 0 aliphatic heterocycles. The third kappa shape index (κ3) is 4.49. The smallest absolute Gasteiger partial charge is 0.224 e. The van der Waals surface area contributed by atoms with Crippen LogP contribution in [0.15, 0.2) is 0 Å². The Kier molecular flexibility index (Phi) is 5.77. The summed E-state index contributed by atoms with van der Waals surface area (Å²) in [4.78, 5) is 13.7. The van der Waals surface area contributed by atoms with Crippen LogP contribution in [0.5, 0.6) is 0 Å². The van der Waals surface area contributed by atoms with E-state index in [0.29, 0.717) is 13.0 Å². The molecule has 1 fully saturated rings. The van der Waals surface area contributed by atoms with Crippen LogP contribution in [0.25, 0.3) is 0 Å². The van der Waals surface area contributed by atoms with Crippen molar-refractivity contribution in [1.29, 1.82) is 0 Å². The second-order valence-electron chi connectivity index (χ2n) is 4.55. The topological polar surface area (TPSA) is 58.4 Å². The van der Waals surface area contributed by atoms with Gasteiger partial charge in [0.05, 0.1) is 0 Å². The molecule has 1 rings (SSSR count). The first-order chi connectivity index (χ1) is 7.71. The molecule has 16 heavy (non-hydrogen) atoms. The van der Waals surface area contributed by atoms with Gasteiger partial charge in [0.15, 0.2) is 0 Å². The van der Waals surface area contributed by atoms with Crippen molar-refractivity contribution in [3.63, 3.8) is 0 Å². The van der Waals surface area contributed by atoms with Gasteiger partial charge in [-0.2, -0.15) is 0 Å². The average molecular weight is 227 g/mol. The standard InChI is InChI=1S/C12H25N3O/c1-3-15(4-2)12(16)7-11(8-13)14-9-10-5-6-10/h10-11,14H,3-9,13H2,1-2H3. The van der Waals surface area contributed by atoms with Crippen LogP contribution >= 0.6 is 0 Å². The lowest BCUT2D eigenvalue weighted by molar-refractivity contribution is -0.131. The molecule has 4 heteroatoms. The van der Waals surface area contributed by atoms with Gasteiger partial charge in [-0.1, -0.05) is 0 Å². The molecule has 0 spiro atoms. The first kappa shape index (κ1) is 13.5. The minimum atomic E-state index is 0.147. The molecule has 3 N–H and O–H groups in total. The summed E-state index contributed by atoms with van der Waals surface area (Å²) < 4.78 is 0. The lowest BCUT2D eigenvalue weighted by Gasteiger charge is -2.22. The maximum Gasteiger partial charge on any atom is 0.224 e. The van der Waals surface area contributed by atoms with E-state index < -0.39 is 0 Å². The van der Waals surface area contributed by atoms with Gasteiger partial charge in [0, 0.05) is 32.1 Å². The summed E-state index contributed by atoms with van der Waals surface area (Å²) in [7, 11) is 0. The van der Waals surface area contributed by atoms with E-state index in [4.69, 9.17) is 5.73 Å². The lowest BCUT2D eigenvalue weighted by Crippen LogP contribution is -2.42. The van der Waals surface area contributed by atoms with E-state index in [0.717, 1.165) is 25.6 Å². The van der Waals surface area contributed by atoms with Crippen LogP contribution in [0.3, 0.4) is 0 Å². The van der Waals surface area contributed by atoms with Crippen molar-refractivity contribution in [2.45, 2.75) is 39.2 Å². The Balaban J connectivity index is 2.26. The van der Waals surface area contributed by atoms with Gasteiger partial charge in [0.1, 0.15) is 0 Å². The molecule has 1 aliphatic rings. The van der Waals surface area contributed by atoms with E-state index in [9.17, 15) is 4.79 Å². The van der Waals surface area contributed by atoms with Gasteiger partial charge < -0.3 is 16.0 Å². The third-order valence-electron chi connectivity index (χ3n) is 3.21. The quantitative estimate of drug-likeness (QED) is 0.637. The van der Waals surface area contributed by atoms with E-state index in [1.807, 2.05) is 18.7 Å². The van der Waals surface area contributed by atoms with Gasteiger partial charge >= 0.3 is 0 Å². The number of nitrogens with two attached hydrogens (primary N) is 1. The summed E-state index contributed by atoms with van der Waals surface area (Å²) in [5.74, 6) is 1.04. The number of amides is 1. The third-order valence-corrected chi connectivity index (χ3v) is 3.21. The van der Waals surface area contributed by atoms with Crippen LogP contribution in [0.2, 0.25) is 0 Å². The van der Waals surface area contributed by atoms with Crippen LogP contribution < -0.4 is 11.1 Å². The number of nitrogens with zero attached hydrogens (tertiary/aromatic N) is 1. The number of carbonyl (C=O) groups excluding carboxylic acids is 1. The first-order valence-electron chi connectivity index (χ1n) is 6.42. The molecule has 1 unspecified atom stereocenters. The number of carbonyl (C=O) groups is 1. The molecular formula is C12H25N3O. The van der Waals surface area contributed by atoms with Crippen molar-refractivity contribution in [2.24, 2.45) is 11.7 Å². The molecule has 0 heterocycles. The zero-order chi connectivity index (χ0) is 12.0. The van der Waals surface area contributed by atoms with Crippen molar-refractivity contribution in [2.75, 3.05) is 26.2 Å². The minimum absolute atomic E-state index is 0.147.